The Kier molecular flexibility index (Phi) is 4.55. The summed E-state index contributed by atoms with van der Waals surface area (Å²) in [5.41, 5.74) is 3.77. The normalized spacial score (nSPS) is 11.7. The van der Waals surface area contributed by atoms with Crippen LogP contribution < -0.4 is 5.32 Å². The molecule has 0 radical (unpaired) electrons. The number of aromatic nitrogens is 4. The lowest BCUT2D eigenvalue weighted by molar-refractivity contribution is 0.552. The lowest BCUT2D eigenvalue weighted by Crippen LogP contribution is -2.28. The zero-order valence-corrected chi connectivity index (χ0v) is 16.1. The number of hydrogen-bond donors (Lipinski definition) is 1. The average Bonchev–Trinajstić information content (AvgIpc) is 3.07. The van der Waals surface area contributed by atoms with Gasteiger partial charge in [0, 0.05) is 30.0 Å². The predicted octanol–water partition coefficient (Wildman–Crippen LogP) is 4.56. The zero-order chi connectivity index (χ0) is 19.7. The number of fused-ring (bicyclic) bond motifs is 1. The Morgan fingerprint density at radius 2 is 1.79 bits per heavy atom. The van der Waals surface area contributed by atoms with Gasteiger partial charge >= 0.3 is 0 Å². The van der Waals surface area contributed by atoms with Crippen molar-refractivity contribution in [1.82, 2.24) is 20.0 Å². The molecule has 0 aliphatic heterocycles. The summed E-state index contributed by atoms with van der Waals surface area (Å²) in [4.78, 5) is 0. The van der Waals surface area contributed by atoms with E-state index in [-0.39, 0.29) is 11.2 Å². The molecule has 6 heteroatoms. The molecule has 0 saturated carbocycles. The van der Waals surface area contributed by atoms with E-state index in [1.54, 1.807) is 0 Å². The molecule has 0 saturated heterocycles. The van der Waals surface area contributed by atoms with E-state index in [1.165, 1.54) is 12.1 Å². The van der Waals surface area contributed by atoms with Crippen molar-refractivity contribution in [3.05, 3.63) is 72.2 Å². The fourth-order valence-corrected chi connectivity index (χ4v) is 3.20. The Balaban J connectivity index is 1.48. The van der Waals surface area contributed by atoms with Gasteiger partial charge in [-0.15, -0.1) is 10.2 Å². The highest BCUT2D eigenvalue weighted by molar-refractivity contribution is 5.83. The topological polar surface area (TPSA) is 55.6 Å². The van der Waals surface area contributed by atoms with Crippen LogP contribution in [0, 0.1) is 5.82 Å². The summed E-state index contributed by atoms with van der Waals surface area (Å²) in [7, 11) is 1.92. The molecule has 0 aliphatic carbocycles. The Hall–Kier alpha value is -3.28. The van der Waals surface area contributed by atoms with Gasteiger partial charge in [0.25, 0.3) is 0 Å². The molecule has 4 aromatic rings. The fraction of sp³-hybridized carbons (Fsp3) is 0.227. The molecule has 0 fully saturated rings. The quantitative estimate of drug-likeness (QED) is 0.556. The minimum absolute atomic E-state index is 0.168. The first-order valence-electron chi connectivity index (χ1n) is 9.18. The van der Waals surface area contributed by atoms with Gasteiger partial charge in [-0.25, -0.2) is 4.39 Å². The standard InChI is InChI=1S/C22H22FN5/c1-22(2,17-6-8-18(23)9-7-17)14-24-21-11-10-19(26-27-21)15-4-5-16-13-25-28(3)20(16)12-15/h4-13H,14H2,1-3H3,(H,24,27). The van der Waals surface area contributed by atoms with Crippen LogP contribution in [-0.4, -0.2) is 26.5 Å². The number of hydrogen-bond acceptors (Lipinski definition) is 4. The summed E-state index contributed by atoms with van der Waals surface area (Å²) in [6.07, 6.45) is 1.85. The molecule has 2 aromatic carbocycles. The summed E-state index contributed by atoms with van der Waals surface area (Å²) in [6, 6.07) is 16.6. The van der Waals surface area contributed by atoms with Crippen LogP contribution in [0.5, 0.6) is 0 Å². The monoisotopic (exact) mass is 375 g/mol. The first kappa shape index (κ1) is 18.1. The second kappa shape index (κ2) is 7.03. The van der Waals surface area contributed by atoms with E-state index in [0.717, 1.165) is 27.7 Å². The third kappa shape index (κ3) is 3.58. The lowest BCUT2D eigenvalue weighted by atomic mass is 9.84. The van der Waals surface area contributed by atoms with Crippen molar-refractivity contribution in [1.29, 1.82) is 0 Å². The number of aryl methyl sites for hydroxylation is 1. The summed E-state index contributed by atoms with van der Waals surface area (Å²) in [5, 5.41) is 17.4. The van der Waals surface area contributed by atoms with Gasteiger partial charge in [-0.05, 0) is 35.9 Å². The van der Waals surface area contributed by atoms with Gasteiger partial charge in [0.1, 0.15) is 11.6 Å². The van der Waals surface area contributed by atoms with Crippen molar-refractivity contribution in [2.24, 2.45) is 7.05 Å². The molecule has 0 amide bonds. The Bertz CT molecular complexity index is 1100. The van der Waals surface area contributed by atoms with Gasteiger partial charge in [0.15, 0.2) is 0 Å². The molecule has 0 atom stereocenters. The Labute approximate surface area is 163 Å². The van der Waals surface area contributed by atoms with Gasteiger partial charge in [-0.2, -0.15) is 5.10 Å². The maximum Gasteiger partial charge on any atom is 0.148 e. The highest BCUT2D eigenvalue weighted by atomic mass is 19.1. The molecule has 0 bridgehead atoms. The molecule has 1 N–H and O–H groups in total. The van der Waals surface area contributed by atoms with Crippen molar-refractivity contribution in [2.75, 3.05) is 11.9 Å². The molecule has 2 aromatic heterocycles. The maximum atomic E-state index is 13.2. The fourth-order valence-electron chi connectivity index (χ4n) is 3.20. The third-order valence-electron chi connectivity index (χ3n) is 5.05. The zero-order valence-electron chi connectivity index (χ0n) is 16.1. The van der Waals surface area contributed by atoms with Crippen LogP contribution >= 0.6 is 0 Å². The van der Waals surface area contributed by atoms with Crippen molar-refractivity contribution in [3.8, 4) is 11.3 Å². The molecule has 4 rings (SSSR count). The summed E-state index contributed by atoms with van der Waals surface area (Å²) < 4.78 is 15.0. The molecule has 0 aliphatic rings. The molecule has 2 heterocycles. The SMILES string of the molecule is Cn1ncc2ccc(-c3ccc(NCC(C)(C)c4ccc(F)cc4)nn3)cc21. The maximum absolute atomic E-state index is 13.2. The van der Waals surface area contributed by atoms with Crippen molar-refractivity contribution in [2.45, 2.75) is 19.3 Å². The minimum atomic E-state index is -0.224. The van der Waals surface area contributed by atoms with E-state index in [9.17, 15) is 4.39 Å². The van der Waals surface area contributed by atoms with Crippen LogP contribution in [0.2, 0.25) is 0 Å². The molecule has 28 heavy (non-hydrogen) atoms. The molecular weight excluding hydrogens is 353 g/mol. The minimum Gasteiger partial charge on any atom is -0.368 e. The molecule has 0 spiro atoms. The number of nitrogens with one attached hydrogen (secondary N) is 1. The van der Waals surface area contributed by atoms with Crippen LogP contribution in [0.3, 0.4) is 0 Å². The molecule has 0 unspecified atom stereocenters. The number of nitrogens with zero attached hydrogens (tertiary/aromatic N) is 4. The number of rotatable bonds is 5. The van der Waals surface area contributed by atoms with Gasteiger partial charge in [-0.1, -0.05) is 38.1 Å². The van der Waals surface area contributed by atoms with Gasteiger partial charge in [0.2, 0.25) is 0 Å². The predicted molar refractivity (Wildman–Crippen MR) is 110 cm³/mol. The van der Waals surface area contributed by atoms with E-state index in [4.69, 9.17) is 0 Å². The summed E-state index contributed by atoms with van der Waals surface area (Å²) in [6.45, 7) is 4.88. The number of halogens is 1. The Morgan fingerprint density at radius 1 is 1.00 bits per heavy atom. The number of benzene rings is 2. The first-order valence-corrected chi connectivity index (χ1v) is 9.18. The van der Waals surface area contributed by atoms with Gasteiger partial charge < -0.3 is 5.32 Å². The molecular formula is C22H22FN5. The van der Waals surface area contributed by atoms with E-state index in [0.29, 0.717) is 12.4 Å². The van der Waals surface area contributed by atoms with Gasteiger partial charge in [-0.3, -0.25) is 4.68 Å². The van der Waals surface area contributed by atoms with Crippen LogP contribution in [-0.2, 0) is 12.5 Å². The second-order valence-corrected chi connectivity index (χ2v) is 7.59. The highest BCUT2D eigenvalue weighted by Gasteiger charge is 2.20. The largest absolute Gasteiger partial charge is 0.368 e. The van der Waals surface area contributed by atoms with E-state index in [2.05, 4.69) is 40.5 Å². The summed E-state index contributed by atoms with van der Waals surface area (Å²) in [5.74, 6) is 0.485. The highest BCUT2D eigenvalue weighted by Crippen LogP contribution is 2.25. The Morgan fingerprint density at radius 3 is 2.50 bits per heavy atom. The lowest BCUT2D eigenvalue weighted by Gasteiger charge is -2.25. The molecule has 142 valence electrons. The van der Waals surface area contributed by atoms with Crippen molar-refractivity contribution in [3.63, 3.8) is 0 Å². The smallest absolute Gasteiger partial charge is 0.148 e. The third-order valence-corrected chi connectivity index (χ3v) is 5.05. The van der Waals surface area contributed by atoms with E-state index in [1.807, 2.05) is 54.3 Å². The van der Waals surface area contributed by atoms with E-state index < -0.39 is 0 Å². The first-order chi connectivity index (χ1) is 13.4. The number of anilines is 1. The molecule has 5 nitrogen and oxygen atoms in total. The second-order valence-electron chi connectivity index (χ2n) is 7.59. The van der Waals surface area contributed by atoms with Gasteiger partial charge in [0.05, 0.1) is 17.4 Å². The summed E-state index contributed by atoms with van der Waals surface area (Å²) >= 11 is 0. The van der Waals surface area contributed by atoms with Crippen LogP contribution in [0.1, 0.15) is 19.4 Å². The van der Waals surface area contributed by atoms with Crippen molar-refractivity contribution >= 4 is 16.7 Å². The van der Waals surface area contributed by atoms with Crippen molar-refractivity contribution < 1.29 is 4.39 Å². The average molecular weight is 375 g/mol. The van der Waals surface area contributed by atoms with Crippen LogP contribution in [0.25, 0.3) is 22.2 Å². The van der Waals surface area contributed by atoms with E-state index >= 15 is 0 Å². The van der Waals surface area contributed by atoms with Crippen LogP contribution in [0.4, 0.5) is 10.2 Å². The van der Waals surface area contributed by atoms with Crippen LogP contribution in [0.15, 0.2) is 60.8 Å².